The van der Waals surface area contributed by atoms with Crippen LogP contribution in [0.3, 0.4) is 0 Å². The molecule has 0 amide bonds. The molecule has 1 spiro atoms. The van der Waals surface area contributed by atoms with Crippen LogP contribution in [0.1, 0.15) is 16.8 Å². The number of fused-ring (bicyclic) bond motifs is 1. The number of ketones is 1. The summed E-state index contributed by atoms with van der Waals surface area (Å²) in [5, 5.41) is 0. The summed E-state index contributed by atoms with van der Waals surface area (Å²) in [6.45, 7) is 0. The highest BCUT2D eigenvalue weighted by molar-refractivity contribution is 7.93. The lowest BCUT2D eigenvalue weighted by atomic mass is 9.92. The molecule has 0 unspecified atom stereocenters. The molecule has 0 saturated carbocycles. The number of anilines is 1. The molecular weight excluding hydrogens is 242 g/mol. The number of Topliss-reactive ketones (excluding diaryl/α,β-unsaturated/α-hetero) is 1. The van der Waals surface area contributed by atoms with Gasteiger partial charge in [0.05, 0.1) is 23.5 Å². The largest absolute Gasteiger partial charge is 0.484 e. The van der Waals surface area contributed by atoms with Crippen LogP contribution in [0.25, 0.3) is 0 Å². The van der Waals surface area contributed by atoms with E-state index in [1.165, 1.54) is 0 Å². The van der Waals surface area contributed by atoms with Gasteiger partial charge in [-0.1, -0.05) is 0 Å². The van der Waals surface area contributed by atoms with Crippen LogP contribution in [-0.4, -0.2) is 31.3 Å². The van der Waals surface area contributed by atoms with E-state index in [0.29, 0.717) is 17.0 Å². The Morgan fingerprint density at radius 2 is 2.00 bits per heavy atom. The predicted molar refractivity (Wildman–Crippen MR) is 61.8 cm³/mol. The normalized spacial score (nSPS) is 23.6. The smallest absolute Gasteiger partial charge is 0.170 e. The van der Waals surface area contributed by atoms with Crippen molar-refractivity contribution < 1.29 is 17.9 Å². The third-order valence-electron chi connectivity index (χ3n) is 3.08. The molecule has 6 heteroatoms. The molecule has 17 heavy (non-hydrogen) atoms. The molecule has 2 heterocycles. The van der Waals surface area contributed by atoms with Crippen molar-refractivity contribution in [3.63, 3.8) is 0 Å². The van der Waals surface area contributed by atoms with Crippen LogP contribution >= 0.6 is 0 Å². The van der Waals surface area contributed by atoms with E-state index in [1.54, 1.807) is 18.2 Å². The SMILES string of the molecule is Nc1ccc2c(c1)C(=O)CC1(CS(=O)(=O)C1)O2. The van der Waals surface area contributed by atoms with Crippen LogP contribution in [0.4, 0.5) is 5.69 Å². The van der Waals surface area contributed by atoms with Gasteiger partial charge < -0.3 is 10.5 Å². The summed E-state index contributed by atoms with van der Waals surface area (Å²) in [6.07, 6.45) is 0.114. The molecule has 0 aromatic heterocycles. The molecule has 90 valence electrons. The number of sulfone groups is 1. The number of carbonyl (C=O) groups is 1. The van der Waals surface area contributed by atoms with E-state index in [-0.39, 0.29) is 23.7 Å². The van der Waals surface area contributed by atoms with E-state index in [2.05, 4.69) is 0 Å². The van der Waals surface area contributed by atoms with Gasteiger partial charge in [0.2, 0.25) is 0 Å². The van der Waals surface area contributed by atoms with Crippen molar-refractivity contribution >= 4 is 21.3 Å². The molecule has 2 aliphatic heterocycles. The molecule has 0 aliphatic carbocycles. The van der Waals surface area contributed by atoms with Gasteiger partial charge >= 0.3 is 0 Å². The zero-order valence-electron chi connectivity index (χ0n) is 8.97. The Morgan fingerprint density at radius 1 is 1.29 bits per heavy atom. The molecule has 0 atom stereocenters. The molecule has 3 rings (SSSR count). The molecule has 1 saturated heterocycles. The van der Waals surface area contributed by atoms with Crippen molar-refractivity contribution in [2.45, 2.75) is 12.0 Å². The van der Waals surface area contributed by atoms with Crippen molar-refractivity contribution in [2.75, 3.05) is 17.2 Å². The second-order valence-corrected chi connectivity index (χ2v) is 6.74. The lowest BCUT2D eigenvalue weighted by Crippen LogP contribution is -2.61. The topological polar surface area (TPSA) is 86.5 Å². The number of benzene rings is 1. The van der Waals surface area contributed by atoms with E-state index in [1.807, 2.05) is 0 Å². The van der Waals surface area contributed by atoms with Gasteiger partial charge in [-0.3, -0.25) is 4.79 Å². The first-order valence-corrected chi connectivity index (χ1v) is 7.04. The molecule has 1 aromatic rings. The van der Waals surface area contributed by atoms with Gasteiger partial charge in [0, 0.05) is 5.69 Å². The van der Waals surface area contributed by atoms with Gasteiger partial charge in [-0.25, -0.2) is 8.42 Å². The maximum atomic E-state index is 11.9. The maximum absolute atomic E-state index is 11.9. The van der Waals surface area contributed by atoms with Crippen LogP contribution in [0.5, 0.6) is 5.75 Å². The molecule has 0 radical (unpaired) electrons. The first kappa shape index (κ1) is 10.6. The van der Waals surface area contributed by atoms with E-state index in [4.69, 9.17) is 10.5 Å². The van der Waals surface area contributed by atoms with Crippen LogP contribution in [-0.2, 0) is 9.84 Å². The van der Waals surface area contributed by atoms with E-state index in [0.717, 1.165) is 0 Å². The standard InChI is InChI=1S/C11H11NO4S/c12-7-1-2-10-8(3-7)9(13)4-11(16-10)5-17(14,15)6-11/h1-3H,4-6,12H2. The molecule has 5 nitrogen and oxygen atoms in total. The van der Waals surface area contributed by atoms with Crippen molar-refractivity contribution in [3.05, 3.63) is 23.8 Å². The van der Waals surface area contributed by atoms with Gasteiger partial charge in [0.25, 0.3) is 0 Å². The predicted octanol–water partition coefficient (Wildman–Crippen LogP) is 0.401. The molecule has 2 aliphatic rings. The number of ether oxygens (including phenoxy) is 1. The quantitative estimate of drug-likeness (QED) is 0.676. The summed E-state index contributed by atoms with van der Waals surface area (Å²) in [6, 6.07) is 4.82. The summed E-state index contributed by atoms with van der Waals surface area (Å²) in [4.78, 5) is 11.9. The summed E-state index contributed by atoms with van der Waals surface area (Å²) in [5.74, 6) is 0.185. The van der Waals surface area contributed by atoms with Crippen molar-refractivity contribution in [1.29, 1.82) is 0 Å². The van der Waals surface area contributed by atoms with Crippen LogP contribution < -0.4 is 10.5 Å². The second-order valence-electron chi connectivity index (χ2n) is 4.67. The first-order valence-electron chi connectivity index (χ1n) is 5.21. The summed E-state index contributed by atoms with van der Waals surface area (Å²) in [5.41, 5.74) is 5.71. The maximum Gasteiger partial charge on any atom is 0.170 e. The number of nitrogen functional groups attached to an aromatic ring is 1. The third-order valence-corrected chi connectivity index (χ3v) is 5.01. The van der Waals surface area contributed by atoms with Gasteiger partial charge in [-0.2, -0.15) is 0 Å². The van der Waals surface area contributed by atoms with E-state index in [9.17, 15) is 13.2 Å². The Kier molecular flexibility index (Phi) is 1.87. The van der Waals surface area contributed by atoms with Gasteiger partial charge in [-0.15, -0.1) is 0 Å². The summed E-state index contributed by atoms with van der Waals surface area (Å²) >= 11 is 0. The monoisotopic (exact) mass is 253 g/mol. The molecule has 0 bridgehead atoms. The van der Waals surface area contributed by atoms with Gasteiger partial charge in [-0.05, 0) is 18.2 Å². The molecule has 1 fully saturated rings. The van der Waals surface area contributed by atoms with Crippen LogP contribution in [0.2, 0.25) is 0 Å². The number of nitrogens with two attached hydrogens (primary N) is 1. The molecular formula is C11H11NO4S. The summed E-state index contributed by atoms with van der Waals surface area (Å²) in [7, 11) is -3.03. The Balaban J connectivity index is 2.00. The van der Waals surface area contributed by atoms with E-state index < -0.39 is 15.4 Å². The average Bonchev–Trinajstić information content (AvgIpc) is 2.16. The minimum absolute atomic E-state index is 0.0739. The Hall–Kier alpha value is -1.56. The minimum atomic E-state index is -3.03. The van der Waals surface area contributed by atoms with Crippen molar-refractivity contribution in [2.24, 2.45) is 0 Å². The first-order chi connectivity index (χ1) is 7.89. The molecule has 2 N–H and O–H groups in total. The summed E-state index contributed by atoms with van der Waals surface area (Å²) < 4.78 is 28.1. The highest BCUT2D eigenvalue weighted by atomic mass is 32.2. The fraction of sp³-hybridized carbons (Fsp3) is 0.364. The lowest BCUT2D eigenvalue weighted by molar-refractivity contribution is 0.0581. The minimum Gasteiger partial charge on any atom is -0.484 e. The highest BCUT2D eigenvalue weighted by Crippen LogP contribution is 2.40. The second kappa shape index (κ2) is 3.01. The van der Waals surface area contributed by atoms with Crippen LogP contribution in [0, 0.1) is 0 Å². The Bertz CT molecular complexity index is 608. The van der Waals surface area contributed by atoms with Gasteiger partial charge in [0.15, 0.2) is 15.6 Å². The number of hydrogen-bond acceptors (Lipinski definition) is 5. The lowest BCUT2D eigenvalue weighted by Gasteiger charge is -2.43. The Morgan fingerprint density at radius 3 is 2.65 bits per heavy atom. The van der Waals surface area contributed by atoms with Crippen molar-refractivity contribution in [3.8, 4) is 5.75 Å². The van der Waals surface area contributed by atoms with Gasteiger partial charge in [0.1, 0.15) is 11.4 Å². The third kappa shape index (κ3) is 1.59. The number of rotatable bonds is 0. The number of carbonyl (C=O) groups excluding carboxylic acids is 1. The number of hydrogen-bond donors (Lipinski definition) is 1. The molecule has 1 aromatic carbocycles. The van der Waals surface area contributed by atoms with Crippen molar-refractivity contribution in [1.82, 2.24) is 0 Å². The highest BCUT2D eigenvalue weighted by Gasteiger charge is 2.54. The zero-order valence-corrected chi connectivity index (χ0v) is 9.79. The zero-order chi connectivity index (χ0) is 12.3. The average molecular weight is 253 g/mol. The fourth-order valence-corrected chi connectivity index (χ4v) is 4.27. The Labute approximate surface area is 98.5 Å². The van der Waals surface area contributed by atoms with Crippen LogP contribution in [0.15, 0.2) is 18.2 Å². The fourth-order valence-electron chi connectivity index (χ4n) is 2.43. The van der Waals surface area contributed by atoms with E-state index >= 15 is 0 Å².